The minimum atomic E-state index is -0.771. The van der Waals surface area contributed by atoms with E-state index in [9.17, 15) is 9.90 Å². The average molecular weight is 268 g/mol. The minimum Gasteiger partial charge on any atom is -0.493 e. The van der Waals surface area contributed by atoms with E-state index in [1.54, 1.807) is 0 Å². The summed E-state index contributed by atoms with van der Waals surface area (Å²) in [5, 5.41) is 9.22. The highest BCUT2D eigenvalue weighted by atomic mass is 16.5. The molecule has 0 amide bonds. The molecule has 2 aromatic rings. The Bertz CT molecular complexity index is 607. The average Bonchev–Trinajstić information content (AvgIpc) is 2.48. The van der Waals surface area contributed by atoms with Crippen LogP contribution in [0.4, 0.5) is 0 Å². The molecule has 1 aliphatic rings. The number of carboxylic acid groups (broad SMARTS) is 1. The molecular formula is C17H16O3. The van der Waals surface area contributed by atoms with Crippen molar-refractivity contribution in [3.63, 3.8) is 0 Å². The second-order valence-corrected chi connectivity index (χ2v) is 5.07. The van der Waals surface area contributed by atoms with Crippen LogP contribution in [0.1, 0.15) is 29.4 Å². The van der Waals surface area contributed by atoms with Crippen molar-refractivity contribution in [2.24, 2.45) is 0 Å². The molecule has 2 atom stereocenters. The van der Waals surface area contributed by atoms with Crippen molar-refractivity contribution < 1.29 is 14.6 Å². The van der Waals surface area contributed by atoms with Crippen LogP contribution in [0.2, 0.25) is 0 Å². The lowest BCUT2D eigenvalue weighted by atomic mass is 9.78. The lowest BCUT2D eigenvalue weighted by molar-refractivity contribution is -0.137. The predicted molar refractivity (Wildman–Crippen MR) is 76.1 cm³/mol. The highest BCUT2D eigenvalue weighted by Gasteiger charge is 2.33. The van der Waals surface area contributed by atoms with Crippen molar-refractivity contribution >= 4 is 5.97 Å². The summed E-state index contributed by atoms with van der Waals surface area (Å²) in [7, 11) is 0. The zero-order chi connectivity index (χ0) is 13.9. The largest absolute Gasteiger partial charge is 0.493 e. The van der Waals surface area contributed by atoms with Gasteiger partial charge < -0.3 is 9.84 Å². The van der Waals surface area contributed by atoms with Crippen LogP contribution in [0, 0.1) is 0 Å². The molecule has 3 nitrogen and oxygen atoms in total. The van der Waals surface area contributed by atoms with Crippen molar-refractivity contribution in [1.29, 1.82) is 0 Å². The minimum absolute atomic E-state index is 0.0418. The molecule has 0 saturated carbocycles. The molecule has 0 fully saturated rings. The fraction of sp³-hybridized carbons (Fsp3) is 0.235. The Morgan fingerprint density at radius 1 is 1.10 bits per heavy atom. The Morgan fingerprint density at radius 3 is 2.55 bits per heavy atom. The fourth-order valence-electron chi connectivity index (χ4n) is 2.90. The zero-order valence-electron chi connectivity index (χ0n) is 11.0. The Balaban J connectivity index is 2.01. The maximum Gasteiger partial charge on any atom is 0.303 e. The number of fused-ring (bicyclic) bond motifs is 1. The van der Waals surface area contributed by atoms with Crippen LogP contribution in [0.5, 0.6) is 5.75 Å². The number of carboxylic acids is 1. The third-order valence-electron chi connectivity index (χ3n) is 3.84. The van der Waals surface area contributed by atoms with Gasteiger partial charge in [-0.1, -0.05) is 48.5 Å². The number of carbonyl (C=O) groups is 1. The highest BCUT2D eigenvalue weighted by Crippen LogP contribution is 2.43. The van der Waals surface area contributed by atoms with Gasteiger partial charge in [0.2, 0.25) is 0 Å². The smallest absolute Gasteiger partial charge is 0.303 e. The summed E-state index contributed by atoms with van der Waals surface area (Å²) in [4.78, 5) is 11.2. The number of hydrogen-bond donors (Lipinski definition) is 1. The van der Waals surface area contributed by atoms with Gasteiger partial charge in [-0.2, -0.15) is 0 Å². The SMILES string of the molecule is O=C(O)C[C@@H]1c2ccccc2OC[C@@H]1c1ccccc1. The predicted octanol–water partition coefficient (Wildman–Crippen LogP) is 3.42. The quantitative estimate of drug-likeness (QED) is 0.927. The van der Waals surface area contributed by atoms with Gasteiger partial charge in [-0.05, 0) is 17.2 Å². The second kappa shape index (κ2) is 5.37. The first-order chi connectivity index (χ1) is 9.75. The Morgan fingerprint density at radius 2 is 1.80 bits per heavy atom. The van der Waals surface area contributed by atoms with Crippen LogP contribution in [-0.4, -0.2) is 17.7 Å². The molecule has 3 rings (SSSR count). The summed E-state index contributed by atoms with van der Waals surface area (Å²) in [5.74, 6) is 0.0839. The van der Waals surface area contributed by atoms with Gasteiger partial charge in [0, 0.05) is 11.8 Å². The van der Waals surface area contributed by atoms with Gasteiger partial charge in [-0.15, -0.1) is 0 Å². The van der Waals surface area contributed by atoms with E-state index < -0.39 is 5.97 Å². The number of ether oxygens (including phenoxy) is 1. The summed E-state index contributed by atoms with van der Waals surface area (Å²) in [6.45, 7) is 0.527. The fourth-order valence-corrected chi connectivity index (χ4v) is 2.90. The van der Waals surface area contributed by atoms with Gasteiger partial charge in [-0.3, -0.25) is 4.79 Å². The van der Waals surface area contributed by atoms with Gasteiger partial charge in [0.25, 0.3) is 0 Å². The number of aliphatic carboxylic acids is 1. The zero-order valence-corrected chi connectivity index (χ0v) is 11.0. The summed E-state index contributed by atoms with van der Waals surface area (Å²) in [5.41, 5.74) is 2.13. The summed E-state index contributed by atoms with van der Waals surface area (Å²) in [6, 6.07) is 17.7. The van der Waals surface area contributed by atoms with E-state index in [0.29, 0.717) is 6.61 Å². The van der Waals surface area contributed by atoms with Crippen LogP contribution in [0.15, 0.2) is 54.6 Å². The molecule has 3 heteroatoms. The molecule has 0 saturated heterocycles. The van der Waals surface area contributed by atoms with E-state index in [0.717, 1.165) is 16.9 Å². The van der Waals surface area contributed by atoms with Gasteiger partial charge >= 0.3 is 5.97 Å². The second-order valence-electron chi connectivity index (χ2n) is 5.07. The summed E-state index contributed by atoms with van der Waals surface area (Å²) in [6.07, 6.45) is 0.125. The highest BCUT2D eigenvalue weighted by molar-refractivity contribution is 5.69. The van der Waals surface area contributed by atoms with E-state index in [1.165, 1.54) is 0 Å². The first-order valence-corrected chi connectivity index (χ1v) is 6.74. The number of hydrogen-bond acceptors (Lipinski definition) is 2. The molecule has 0 aliphatic carbocycles. The van der Waals surface area contributed by atoms with Crippen LogP contribution >= 0.6 is 0 Å². The maximum absolute atomic E-state index is 11.2. The third-order valence-corrected chi connectivity index (χ3v) is 3.84. The molecule has 1 heterocycles. The van der Waals surface area contributed by atoms with E-state index in [-0.39, 0.29) is 18.3 Å². The van der Waals surface area contributed by atoms with Crippen molar-refractivity contribution in [3.8, 4) is 5.75 Å². The summed E-state index contributed by atoms with van der Waals surface area (Å²) < 4.78 is 5.81. The third kappa shape index (κ3) is 2.39. The Kier molecular flexibility index (Phi) is 3.42. The molecule has 0 unspecified atom stereocenters. The molecule has 0 aromatic heterocycles. The number of rotatable bonds is 3. The van der Waals surface area contributed by atoms with Crippen LogP contribution in [0.25, 0.3) is 0 Å². The van der Waals surface area contributed by atoms with Crippen LogP contribution in [0.3, 0.4) is 0 Å². The van der Waals surface area contributed by atoms with E-state index >= 15 is 0 Å². The molecule has 0 radical (unpaired) electrons. The number of para-hydroxylation sites is 1. The van der Waals surface area contributed by atoms with Crippen LogP contribution < -0.4 is 4.74 Å². The van der Waals surface area contributed by atoms with Crippen molar-refractivity contribution in [2.45, 2.75) is 18.3 Å². The van der Waals surface area contributed by atoms with Gasteiger partial charge in [0.1, 0.15) is 5.75 Å². The molecular weight excluding hydrogens is 252 g/mol. The normalized spacial score (nSPS) is 20.8. The molecule has 0 spiro atoms. The van der Waals surface area contributed by atoms with E-state index in [2.05, 4.69) is 0 Å². The Labute approximate surface area is 117 Å². The lowest BCUT2D eigenvalue weighted by Gasteiger charge is -2.33. The molecule has 0 bridgehead atoms. The van der Waals surface area contributed by atoms with Gasteiger partial charge in [0.05, 0.1) is 13.0 Å². The topological polar surface area (TPSA) is 46.5 Å². The Hall–Kier alpha value is -2.29. The molecule has 1 N–H and O–H groups in total. The van der Waals surface area contributed by atoms with Gasteiger partial charge in [-0.25, -0.2) is 0 Å². The van der Waals surface area contributed by atoms with E-state index in [1.807, 2.05) is 54.6 Å². The van der Waals surface area contributed by atoms with Gasteiger partial charge in [0.15, 0.2) is 0 Å². The lowest BCUT2D eigenvalue weighted by Crippen LogP contribution is -2.26. The number of benzene rings is 2. The molecule has 20 heavy (non-hydrogen) atoms. The first kappa shape index (κ1) is 12.7. The first-order valence-electron chi connectivity index (χ1n) is 6.74. The molecule has 1 aliphatic heterocycles. The monoisotopic (exact) mass is 268 g/mol. The standard InChI is InChI=1S/C17H16O3/c18-17(19)10-14-13-8-4-5-9-16(13)20-11-15(14)12-6-2-1-3-7-12/h1-9,14-15H,10-11H2,(H,18,19)/t14-,15-/m1/s1. The van der Waals surface area contributed by atoms with E-state index in [4.69, 9.17) is 4.74 Å². The van der Waals surface area contributed by atoms with Crippen LogP contribution in [-0.2, 0) is 4.79 Å². The molecule has 102 valence electrons. The summed E-state index contributed by atoms with van der Waals surface area (Å²) >= 11 is 0. The van der Waals surface area contributed by atoms with Crippen molar-refractivity contribution in [1.82, 2.24) is 0 Å². The van der Waals surface area contributed by atoms with Crippen molar-refractivity contribution in [2.75, 3.05) is 6.61 Å². The maximum atomic E-state index is 11.2. The molecule has 2 aromatic carbocycles. The van der Waals surface area contributed by atoms with Crippen molar-refractivity contribution in [3.05, 3.63) is 65.7 Å².